The van der Waals surface area contributed by atoms with E-state index in [1.165, 1.54) is 7.11 Å². The molecule has 2 amide bonds. The van der Waals surface area contributed by atoms with Gasteiger partial charge in [0, 0.05) is 50.8 Å². The second kappa shape index (κ2) is 15.3. The van der Waals surface area contributed by atoms with Crippen LogP contribution in [0.5, 0.6) is 5.75 Å². The van der Waals surface area contributed by atoms with Gasteiger partial charge >= 0.3 is 6.09 Å². The van der Waals surface area contributed by atoms with Gasteiger partial charge in [-0.05, 0) is 71.2 Å². The van der Waals surface area contributed by atoms with Crippen molar-refractivity contribution in [1.29, 1.82) is 0 Å². The fourth-order valence-electron chi connectivity index (χ4n) is 4.12. The number of ether oxygens (including phenoxy) is 3. The van der Waals surface area contributed by atoms with Crippen molar-refractivity contribution in [2.24, 2.45) is 0 Å². The molecule has 1 fully saturated rings. The summed E-state index contributed by atoms with van der Waals surface area (Å²) >= 11 is 0. The molecule has 1 heterocycles. The number of carbonyl (C=O) groups is 2. The van der Waals surface area contributed by atoms with Crippen LogP contribution < -0.4 is 15.8 Å². The molecule has 2 rings (SSSR count). The lowest BCUT2D eigenvalue weighted by atomic mass is 10.0. The third kappa shape index (κ3) is 11.3. The number of nitrogens with zero attached hydrogens (tertiary/aromatic N) is 2. The van der Waals surface area contributed by atoms with Crippen LogP contribution in [-0.4, -0.2) is 86.5 Å². The molecule has 0 spiro atoms. The highest BCUT2D eigenvalue weighted by Crippen LogP contribution is 2.22. The van der Waals surface area contributed by atoms with E-state index in [2.05, 4.69) is 16.1 Å². The summed E-state index contributed by atoms with van der Waals surface area (Å²) in [6, 6.07) is 5.19. The van der Waals surface area contributed by atoms with E-state index >= 15 is 0 Å². The molecule has 0 aromatic heterocycles. The Morgan fingerprint density at radius 2 is 1.89 bits per heavy atom. The summed E-state index contributed by atoms with van der Waals surface area (Å²) in [7, 11) is 1.53. The second-order valence-electron chi connectivity index (χ2n) is 10.3. The summed E-state index contributed by atoms with van der Waals surface area (Å²) in [6.45, 7) is 10.6. The summed E-state index contributed by atoms with van der Waals surface area (Å²) in [4.78, 5) is 29.5. The lowest BCUT2D eigenvalue weighted by molar-refractivity contribution is 0.0221. The molecule has 1 aliphatic rings. The molecule has 0 aliphatic carbocycles. The number of nitrogens with one attached hydrogen (secondary N) is 1. The van der Waals surface area contributed by atoms with E-state index in [1.54, 1.807) is 23.1 Å². The van der Waals surface area contributed by atoms with Crippen LogP contribution >= 0.6 is 0 Å². The molecule has 0 unspecified atom stereocenters. The molecule has 0 saturated carbocycles. The van der Waals surface area contributed by atoms with Gasteiger partial charge in [0.05, 0.1) is 19.4 Å². The van der Waals surface area contributed by atoms with E-state index in [-0.39, 0.29) is 18.0 Å². The fraction of sp³-hybridized carbons (Fsp3) is 0.643. The van der Waals surface area contributed by atoms with Gasteiger partial charge in [-0.15, -0.1) is 12.3 Å². The van der Waals surface area contributed by atoms with Crippen molar-refractivity contribution in [2.75, 3.05) is 58.8 Å². The highest BCUT2D eigenvalue weighted by molar-refractivity contribution is 5.95. The summed E-state index contributed by atoms with van der Waals surface area (Å²) in [5, 5.41) is 3.12. The highest BCUT2D eigenvalue weighted by atomic mass is 16.6. The first-order chi connectivity index (χ1) is 17.6. The smallest absolute Gasteiger partial charge is 0.410 e. The summed E-state index contributed by atoms with van der Waals surface area (Å²) in [5.41, 5.74) is 6.35. The molecule has 3 N–H and O–H groups in total. The molecule has 1 aromatic rings. The van der Waals surface area contributed by atoms with Crippen molar-refractivity contribution in [3.63, 3.8) is 0 Å². The number of likely N-dealkylation sites (tertiary alicyclic amines) is 1. The van der Waals surface area contributed by atoms with Crippen LogP contribution in [-0.2, 0) is 9.47 Å². The monoisotopic (exact) mass is 516 g/mol. The minimum Gasteiger partial charge on any atom is -0.495 e. The molecule has 206 valence electrons. The number of nitrogen functional groups attached to an aromatic ring is 1. The largest absolute Gasteiger partial charge is 0.495 e. The molecule has 9 heteroatoms. The molecule has 9 nitrogen and oxygen atoms in total. The van der Waals surface area contributed by atoms with Gasteiger partial charge in [-0.25, -0.2) is 4.79 Å². The second-order valence-corrected chi connectivity index (χ2v) is 10.3. The highest BCUT2D eigenvalue weighted by Gasteiger charge is 2.24. The first-order valence-electron chi connectivity index (χ1n) is 13.1. The summed E-state index contributed by atoms with van der Waals surface area (Å²) < 4.78 is 16.3. The van der Waals surface area contributed by atoms with Gasteiger partial charge in [0.1, 0.15) is 11.4 Å². The first-order valence-corrected chi connectivity index (χ1v) is 13.1. The van der Waals surface area contributed by atoms with Crippen molar-refractivity contribution in [1.82, 2.24) is 15.1 Å². The van der Waals surface area contributed by atoms with Crippen molar-refractivity contribution >= 4 is 17.7 Å². The maximum absolute atomic E-state index is 12.7. The molecule has 1 aromatic carbocycles. The predicted molar refractivity (Wildman–Crippen MR) is 146 cm³/mol. The first kappa shape index (κ1) is 30.3. The van der Waals surface area contributed by atoms with Crippen LogP contribution in [0.15, 0.2) is 18.2 Å². The van der Waals surface area contributed by atoms with Gasteiger partial charge in [-0.2, -0.15) is 0 Å². The van der Waals surface area contributed by atoms with Crippen molar-refractivity contribution in [3.05, 3.63) is 23.8 Å². The van der Waals surface area contributed by atoms with E-state index in [0.29, 0.717) is 49.7 Å². The Hall–Kier alpha value is -2.96. The Balaban J connectivity index is 1.75. The lowest BCUT2D eigenvalue weighted by Crippen LogP contribution is -2.45. The third-order valence-corrected chi connectivity index (χ3v) is 6.08. The Bertz CT molecular complexity index is 901. The Labute approximate surface area is 222 Å². The Kier molecular flexibility index (Phi) is 12.5. The number of amides is 2. The number of methoxy groups -OCH3 is 1. The summed E-state index contributed by atoms with van der Waals surface area (Å²) in [6.07, 6.45) is 8.87. The minimum absolute atomic E-state index is 0.118. The zero-order chi connectivity index (χ0) is 27.3. The van der Waals surface area contributed by atoms with Gasteiger partial charge in [-0.1, -0.05) is 0 Å². The molecule has 0 atom stereocenters. The van der Waals surface area contributed by atoms with Crippen LogP contribution in [0.2, 0.25) is 0 Å². The van der Waals surface area contributed by atoms with E-state index in [1.807, 2.05) is 20.8 Å². The number of carbonyl (C=O) groups excluding carboxylic acids is 2. The van der Waals surface area contributed by atoms with E-state index < -0.39 is 5.60 Å². The average molecular weight is 517 g/mol. The van der Waals surface area contributed by atoms with Gasteiger partial charge in [0.2, 0.25) is 0 Å². The number of terminal acetylenes is 1. The number of hydrogen-bond acceptors (Lipinski definition) is 7. The maximum atomic E-state index is 12.7. The van der Waals surface area contributed by atoms with Crippen LogP contribution in [0.1, 0.15) is 63.2 Å². The average Bonchev–Trinajstić information content (AvgIpc) is 2.85. The quantitative estimate of drug-likeness (QED) is 0.235. The number of piperidine rings is 1. The van der Waals surface area contributed by atoms with Gasteiger partial charge in [-0.3, -0.25) is 4.79 Å². The molecule has 0 bridgehead atoms. The molecule has 0 radical (unpaired) electrons. The minimum atomic E-state index is -0.539. The van der Waals surface area contributed by atoms with Crippen LogP contribution in [0.25, 0.3) is 0 Å². The van der Waals surface area contributed by atoms with E-state index in [4.69, 9.17) is 26.4 Å². The van der Waals surface area contributed by atoms with Gasteiger partial charge < -0.3 is 35.1 Å². The van der Waals surface area contributed by atoms with Crippen molar-refractivity contribution < 1.29 is 23.8 Å². The summed E-state index contributed by atoms with van der Waals surface area (Å²) in [5.74, 6) is 2.93. The van der Waals surface area contributed by atoms with Crippen LogP contribution in [0.4, 0.5) is 10.5 Å². The van der Waals surface area contributed by atoms with Crippen molar-refractivity contribution in [2.45, 2.75) is 64.5 Å². The molecule has 1 aliphatic heterocycles. The lowest BCUT2D eigenvalue weighted by Gasteiger charge is -2.33. The van der Waals surface area contributed by atoms with Crippen LogP contribution in [0, 0.1) is 12.3 Å². The number of nitrogens with two attached hydrogens (primary N) is 1. The standard InChI is InChI=1S/C28H44N4O5/c1-6-7-19-36-20-9-16-32(27(34)37-28(2,3)4)15-8-14-31-17-12-23(13-18-31)30-26(33)22-10-11-24(29)25(21-22)35-5/h1,10-11,21,23H,7-9,12-20,29H2,2-5H3,(H,30,33). The predicted octanol–water partition coefficient (Wildman–Crippen LogP) is 3.53. The van der Waals surface area contributed by atoms with Crippen molar-refractivity contribution in [3.8, 4) is 18.1 Å². The maximum Gasteiger partial charge on any atom is 0.410 e. The molecular weight excluding hydrogens is 472 g/mol. The molecule has 37 heavy (non-hydrogen) atoms. The third-order valence-electron chi connectivity index (χ3n) is 6.08. The number of hydrogen-bond donors (Lipinski definition) is 2. The fourth-order valence-corrected chi connectivity index (χ4v) is 4.12. The number of anilines is 1. The Morgan fingerprint density at radius 3 is 2.54 bits per heavy atom. The van der Waals surface area contributed by atoms with Gasteiger partial charge in [0.25, 0.3) is 5.91 Å². The number of benzene rings is 1. The SMILES string of the molecule is C#CCCOCCCN(CCCN1CCC(NC(=O)c2ccc(N)c(OC)c2)CC1)C(=O)OC(C)(C)C. The molecular formula is C28H44N4O5. The number of rotatable bonds is 13. The van der Waals surface area contributed by atoms with E-state index in [0.717, 1.165) is 45.3 Å². The topological polar surface area (TPSA) is 106 Å². The van der Waals surface area contributed by atoms with E-state index in [9.17, 15) is 9.59 Å². The zero-order valence-electron chi connectivity index (χ0n) is 22.9. The Morgan fingerprint density at radius 1 is 1.19 bits per heavy atom. The van der Waals surface area contributed by atoms with Crippen LogP contribution in [0.3, 0.4) is 0 Å². The normalized spacial score (nSPS) is 14.6. The molecule has 1 saturated heterocycles. The van der Waals surface area contributed by atoms with Gasteiger partial charge in [0.15, 0.2) is 0 Å². The zero-order valence-corrected chi connectivity index (χ0v) is 22.9.